The summed E-state index contributed by atoms with van der Waals surface area (Å²) in [5, 5.41) is 29.5. The molecule has 3 N–H and O–H groups in total. The molecule has 0 unspecified atom stereocenters. The minimum Gasteiger partial charge on any atom is -0.496 e. The zero-order chi connectivity index (χ0) is 17.8. The number of ether oxygens (including phenoxy) is 2. The summed E-state index contributed by atoms with van der Waals surface area (Å²) in [4.78, 5) is 0. The van der Waals surface area contributed by atoms with E-state index in [0.29, 0.717) is 11.3 Å². The van der Waals surface area contributed by atoms with Gasteiger partial charge in [0.05, 0.1) is 13.7 Å². The van der Waals surface area contributed by atoms with E-state index in [0.717, 1.165) is 11.1 Å². The van der Waals surface area contributed by atoms with Crippen LogP contribution in [0.4, 0.5) is 0 Å². The van der Waals surface area contributed by atoms with Gasteiger partial charge in [-0.2, -0.15) is 0 Å². The first-order chi connectivity index (χ1) is 12.1. The molecule has 2 aromatic carbocycles. The Labute approximate surface area is 146 Å². The van der Waals surface area contributed by atoms with Gasteiger partial charge in [0.2, 0.25) is 0 Å². The lowest BCUT2D eigenvalue weighted by molar-refractivity contribution is -0.0233. The Kier molecular flexibility index (Phi) is 5.37. The second-order valence-corrected chi connectivity index (χ2v) is 5.83. The number of hydrogen-bond donors (Lipinski definition) is 3. The fourth-order valence-electron chi connectivity index (χ4n) is 2.86. The molecule has 3 rings (SSSR count). The number of hydrogen-bond acceptors (Lipinski definition) is 5. The molecule has 0 spiro atoms. The van der Waals surface area contributed by atoms with Crippen LogP contribution in [0.25, 0.3) is 0 Å². The van der Waals surface area contributed by atoms with Crippen molar-refractivity contribution >= 4 is 0 Å². The molecule has 0 aromatic heterocycles. The smallest absolute Gasteiger partial charge is 0.124 e. The topological polar surface area (TPSA) is 79.2 Å². The highest BCUT2D eigenvalue weighted by Gasteiger charge is 2.44. The molecule has 2 aromatic rings. The van der Waals surface area contributed by atoms with E-state index in [2.05, 4.69) is 11.8 Å². The Hall–Kier alpha value is -2.36. The molecule has 1 heterocycles. The van der Waals surface area contributed by atoms with Gasteiger partial charge in [0.1, 0.15) is 30.2 Å². The first kappa shape index (κ1) is 17.5. The van der Waals surface area contributed by atoms with Gasteiger partial charge in [-0.3, -0.25) is 0 Å². The molecule has 0 radical (unpaired) electrons. The van der Waals surface area contributed by atoms with Gasteiger partial charge in [-0.25, -0.2) is 0 Å². The van der Waals surface area contributed by atoms with E-state index in [-0.39, 0.29) is 6.61 Å². The highest BCUT2D eigenvalue weighted by Crippen LogP contribution is 2.38. The quantitative estimate of drug-likeness (QED) is 0.733. The SMILES string of the molecule is COc1ccc(C#Cc2ccccc2)cc1[C@@H]1O[C@H](CO)[C@@H](O)[C@H]1O. The van der Waals surface area contributed by atoms with Gasteiger partial charge in [0.15, 0.2) is 0 Å². The summed E-state index contributed by atoms with van der Waals surface area (Å²) in [7, 11) is 1.52. The molecule has 0 bridgehead atoms. The van der Waals surface area contributed by atoms with E-state index in [1.54, 1.807) is 12.1 Å². The summed E-state index contributed by atoms with van der Waals surface area (Å²) in [5.41, 5.74) is 2.22. The van der Waals surface area contributed by atoms with Crippen LogP contribution in [0.3, 0.4) is 0 Å². The standard InChI is InChI=1S/C20H20O5/c1-24-16-10-9-14(8-7-13-5-3-2-4-6-13)11-15(16)20-19(23)18(22)17(12-21)25-20/h2-6,9-11,17-23H,12H2,1H3/t17-,18-,19-,20+/m1/s1. The molecule has 0 amide bonds. The van der Waals surface area contributed by atoms with Crippen molar-refractivity contribution in [1.82, 2.24) is 0 Å². The largest absolute Gasteiger partial charge is 0.496 e. The molecule has 0 aliphatic carbocycles. The van der Waals surface area contributed by atoms with Crippen molar-refractivity contribution in [3.8, 4) is 17.6 Å². The van der Waals surface area contributed by atoms with Crippen LogP contribution >= 0.6 is 0 Å². The van der Waals surface area contributed by atoms with Crippen LogP contribution in [0, 0.1) is 11.8 Å². The van der Waals surface area contributed by atoms with Crippen LogP contribution in [0.5, 0.6) is 5.75 Å². The minimum absolute atomic E-state index is 0.370. The minimum atomic E-state index is -1.15. The van der Waals surface area contributed by atoms with E-state index in [1.165, 1.54) is 7.11 Å². The van der Waals surface area contributed by atoms with Crippen molar-refractivity contribution in [2.24, 2.45) is 0 Å². The van der Waals surface area contributed by atoms with Gasteiger partial charge in [-0.05, 0) is 30.3 Å². The number of methoxy groups -OCH3 is 1. The summed E-state index contributed by atoms with van der Waals surface area (Å²) in [6.07, 6.45) is -3.92. The Morgan fingerprint density at radius 3 is 2.36 bits per heavy atom. The average molecular weight is 340 g/mol. The Morgan fingerprint density at radius 1 is 1.00 bits per heavy atom. The van der Waals surface area contributed by atoms with Crippen LogP contribution in [0.2, 0.25) is 0 Å². The number of aliphatic hydroxyl groups is 3. The van der Waals surface area contributed by atoms with E-state index >= 15 is 0 Å². The third-order valence-electron chi connectivity index (χ3n) is 4.20. The number of aliphatic hydroxyl groups excluding tert-OH is 3. The van der Waals surface area contributed by atoms with Gasteiger partial charge in [-0.1, -0.05) is 30.0 Å². The molecule has 1 aliphatic rings. The predicted octanol–water partition coefficient (Wildman–Crippen LogP) is 1.25. The third kappa shape index (κ3) is 3.68. The fraction of sp³-hybridized carbons (Fsp3) is 0.300. The molecular weight excluding hydrogens is 320 g/mol. The van der Waals surface area contributed by atoms with Gasteiger partial charge in [-0.15, -0.1) is 0 Å². The van der Waals surface area contributed by atoms with Crippen molar-refractivity contribution in [1.29, 1.82) is 0 Å². The highest BCUT2D eigenvalue weighted by molar-refractivity contribution is 5.48. The third-order valence-corrected chi connectivity index (χ3v) is 4.20. The first-order valence-corrected chi connectivity index (χ1v) is 8.01. The van der Waals surface area contributed by atoms with Crippen molar-refractivity contribution in [3.63, 3.8) is 0 Å². The second-order valence-electron chi connectivity index (χ2n) is 5.83. The Balaban J connectivity index is 1.93. The zero-order valence-corrected chi connectivity index (χ0v) is 13.8. The Bertz CT molecular complexity index is 778. The van der Waals surface area contributed by atoms with Gasteiger partial charge < -0.3 is 24.8 Å². The molecular formula is C20H20O5. The summed E-state index contributed by atoms with van der Waals surface area (Å²) >= 11 is 0. The van der Waals surface area contributed by atoms with Crippen LogP contribution in [-0.2, 0) is 4.74 Å². The summed E-state index contributed by atoms with van der Waals surface area (Å²) in [5.74, 6) is 6.67. The van der Waals surface area contributed by atoms with Gasteiger partial charge >= 0.3 is 0 Å². The van der Waals surface area contributed by atoms with Crippen molar-refractivity contribution in [2.45, 2.75) is 24.4 Å². The monoisotopic (exact) mass is 340 g/mol. The lowest BCUT2D eigenvalue weighted by Gasteiger charge is -2.18. The van der Waals surface area contributed by atoms with Gasteiger partial charge in [0.25, 0.3) is 0 Å². The zero-order valence-electron chi connectivity index (χ0n) is 13.8. The first-order valence-electron chi connectivity index (χ1n) is 8.01. The van der Waals surface area contributed by atoms with Crippen LogP contribution in [0.1, 0.15) is 22.8 Å². The van der Waals surface area contributed by atoms with E-state index in [4.69, 9.17) is 9.47 Å². The van der Waals surface area contributed by atoms with E-state index < -0.39 is 24.4 Å². The fourth-order valence-corrected chi connectivity index (χ4v) is 2.86. The highest BCUT2D eigenvalue weighted by atomic mass is 16.6. The van der Waals surface area contributed by atoms with Crippen LogP contribution in [0.15, 0.2) is 48.5 Å². The average Bonchev–Trinajstić information content (AvgIpc) is 2.95. The lowest BCUT2D eigenvalue weighted by Crippen LogP contribution is -2.32. The van der Waals surface area contributed by atoms with Crippen molar-refractivity contribution in [3.05, 3.63) is 65.2 Å². The molecule has 130 valence electrons. The maximum absolute atomic E-state index is 10.3. The normalized spacial score (nSPS) is 25.3. The van der Waals surface area contributed by atoms with Crippen LogP contribution < -0.4 is 4.74 Å². The maximum atomic E-state index is 10.3. The van der Waals surface area contributed by atoms with Crippen LogP contribution in [-0.4, -0.2) is 47.3 Å². The van der Waals surface area contributed by atoms with Crippen molar-refractivity contribution in [2.75, 3.05) is 13.7 Å². The molecule has 1 saturated heterocycles. The molecule has 1 aliphatic heterocycles. The molecule has 0 saturated carbocycles. The number of rotatable bonds is 3. The lowest BCUT2D eigenvalue weighted by atomic mass is 9.99. The predicted molar refractivity (Wildman–Crippen MR) is 92.1 cm³/mol. The molecule has 25 heavy (non-hydrogen) atoms. The second kappa shape index (κ2) is 7.68. The Morgan fingerprint density at radius 2 is 1.72 bits per heavy atom. The van der Waals surface area contributed by atoms with E-state index in [9.17, 15) is 15.3 Å². The molecule has 4 atom stereocenters. The molecule has 1 fully saturated rings. The summed E-state index contributed by atoms with van der Waals surface area (Å²) in [6, 6.07) is 14.9. The molecule has 5 nitrogen and oxygen atoms in total. The summed E-state index contributed by atoms with van der Waals surface area (Å²) < 4.78 is 10.9. The van der Waals surface area contributed by atoms with Gasteiger partial charge in [0, 0.05) is 16.7 Å². The van der Waals surface area contributed by atoms with Crippen molar-refractivity contribution < 1.29 is 24.8 Å². The maximum Gasteiger partial charge on any atom is 0.124 e. The number of benzene rings is 2. The van der Waals surface area contributed by atoms with E-state index in [1.807, 2.05) is 36.4 Å². The molecule has 5 heteroatoms. The summed E-state index contributed by atoms with van der Waals surface area (Å²) in [6.45, 7) is -0.370.